The van der Waals surface area contributed by atoms with E-state index < -0.39 is 24.5 Å². The summed E-state index contributed by atoms with van der Waals surface area (Å²) in [5, 5.41) is 4.97. The van der Waals surface area contributed by atoms with Crippen molar-refractivity contribution in [1.82, 2.24) is 10.6 Å². The van der Waals surface area contributed by atoms with E-state index in [1.165, 1.54) is 19.1 Å². The maximum absolute atomic E-state index is 11.5. The molecule has 1 atom stereocenters. The van der Waals surface area contributed by atoms with Gasteiger partial charge in [0, 0.05) is 6.54 Å². The molecule has 1 aromatic rings. The van der Waals surface area contributed by atoms with Crippen molar-refractivity contribution in [3.8, 4) is 0 Å². The summed E-state index contributed by atoms with van der Waals surface area (Å²) in [5.74, 6) is -1.64. The molecule has 8 heteroatoms. The predicted octanol–water partition coefficient (Wildman–Crippen LogP) is 0.840. The lowest BCUT2D eigenvalue weighted by atomic mass is 10.3. The third-order valence-corrected chi connectivity index (χ3v) is 2.66. The molecule has 0 saturated carbocycles. The van der Waals surface area contributed by atoms with E-state index in [4.69, 9.17) is 9.15 Å². The number of hydrogen-bond acceptors (Lipinski definition) is 5. The molecule has 0 radical (unpaired) electrons. The summed E-state index contributed by atoms with van der Waals surface area (Å²) in [6.07, 6.45) is 0. The van der Waals surface area contributed by atoms with Gasteiger partial charge in [-0.1, -0.05) is 0 Å². The second-order valence-corrected chi connectivity index (χ2v) is 4.65. The molecule has 7 nitrogen and oxygen atoms in total. The Morgan fingerprint density at radius 1 is 1.40 bits per heavy atom. The van der Waals surface area contributed by atoms with Crippen molar-refractivity contribution in [2.45, 2.75) is 19.9 Å². The normalized spacial score (nSPS) is 11.6. The average Bonchev–Trinajstić information content (AvgIpc) is 2.83. The van der Waals surface area contributed by atoms with Crippen molar-refractivity contribution in [1.29, 1.82) is 0 Å². The molecule has 0 saturated heterocycles. The Bertz CT molecular complexity index is 500. The lowest BCUT2D eigenvalue weighted by Crippen LogP contribution is -2.46. The van der Waals surface area contributed by atoms with Crippen LogP contribution in [0.2, 0.25) is 0 Å². The SMILES string of the molecule is CCNC(=O)[C@@H](C)NC(=O)COC(=O)c1ccc(Br)o1. The first-order valence-electron chi connectivity index (χ1n) is 5.93. The third-order valence-electron chi connectivity index (χ3n) is 2.23. The van der Waals surface area contributed by atoms with Crippen LogP contribution in [0, 0.1) is 0 Å². The summed E-state index contributed by atoms with van der Waals surface area (Å²) >= 11 is 3.05. The smallest absolute Gasteiger partial charge is 0.374 e. The van der Waals surface area contributed by atoms with Crippen molar-refractivity contribution in [2.75, 3.05) is 13.2 Å². The molecule has 0 fully saturated rings. The van der Waals surface area contributed by atoms with Gasteiger partial charge in [-0.15, -0.1) is 0 Å². The molecule has 1 rings (SSSR count). The summed E-state index contributed by atoms with van der Waals surface area (Å²) in [5.41, 5.74) is 0. The number of nitrogens with one attached hydrogen (secondary N) is 2. The second kappa shape index (κ2) is 7.68. The van der Waals surface area contributed by atoms with Gasteiger partial charge >= 0.3 is 5.97 Å². The van der Waals surface area contributed by atoms with Gasteiger partial charge in [0.2, 0.25) is 11.7 Å². The van der Waals surface area contributed by atoms with Crippen molar-refractivity contribution in [2.24, 2.45) is 0 Å². The van der Waals surface area contributed by atoms with E-state index in [9.17, 15) is 14.4 Å². The van der Waals surface area contributed by atoms with Gasteiger partial charge in [0.05, 0.1) is 0 Å². The number of rotatable bonds is 6. The number of carbonyl (C=O) groups is 3. The van der Waals surface area contributed by atoms with E-state index in [-0.39, 0.29) is 11.7 Å². The summed E-state index contributed by atoms with van der Waals surface area (Å²) in [6.45, 7) is 3.30. The first kappa shape index (κ1) is 16.2. The number of halogens is 1. The monoisotopic (exact) mass is 346 g/mol. The van der Waals surface area contributed by atoms with E-state index in [1.807, 2.05) is 0 Å². The van der Waals surface area contributed by atoms with E-state index in [2.05, 4.69) is 26.6 Å². The molecule has 20 heavy (non-hydrogen) atoms. The highest BCUT2D eigenvalue weighted by atomic mass is 79.9. The number of amides is 2. The Morgan fingerprint density at radius 3 is 2.65 bits per heavy atom. The van der Waals surface area contributed by atoms with Crippen LogP contribution in [0.1, 0.15) is 24.4 Å². The molecular formula is C12H15BrN2O5. The van der Waals surface area contributed by atoms with Crippen LogP contribution in [0.15, 0.2) is 21.2 Å². The van der Waals surface area contributed by atoms with E-state index in [0.29, 0.717) is 11.2 Å². The third kappa shape index (κ3) is 5.04. The average molecular weight is 347 g/mol. The Kier molecular flexibility index (Phi) is 6.23. The molecule has 1 heterocycles. The van der Waals surface area contributed by atoms with E-state index in [0.717, 1.165) is 0 Å². The van der Waals surface area contributed by atoms with Crippen LogP contribution in [0.4, 0.5) is 0 Å². The second-order valence-electron chi connectivity index (χ2n) is 3.86. The Hall–Kier alpha value is -1.83. The van der Waals surface area contributed by atoms with Crippen molar-refractivity contribution in [3.05, 3.63) is 22.6 Å². The van der Waals surface area contributed by atoms with Gasteiger partial charge < -0.3 is 19.8 Å². The zero-order chi connectivity index (χ0) is 15.1. The number of esters is 1. The van der Waals surface area contributed by atoms with Crippen LogP contribution in [-0.4, -0.2) is 37.0 Å². The van der Waals surface area contributed by atoms with Crippen LogP contribution in [0.3, 0.4) is 0 Å². The fourth-order valence-corrected chi connectivity index (χ4v) is 1.61. The number of carbonyl (C=O) groups excluding carboxylic acids is 3. The lowest BCUT2D eigenvalue weighted by molar-refractivity contribution is -0.130. The first-order chi connectivity index (χ1) is 9.43. The standard InChI is InChI=1S/C12H15BrN2O5/c1-3-14-11(17)7(2)15-10(16)6-19-12(18)8-4-5-9(13)20-8/h4-5,7H,3,6H2,1-2H3,(H,14,17)(H,15,16)/t7-/m1/s1. The number of hydrogen-bond donors (Lipinski definition) is 2. The number of likely N-dealkylation sites (N-methyl/N-ethyl adjacent to an activating group) is 1. The molecule has 0 aliphatic carbocycles. The Labute approximate surface area is 124 Å². The van der Waals surface area contributed by atoms with Crippen molar-refractivity contribution in [3.63, 3.8) is 0 Å². The highest BCUT2D eigenvalue weighted by molar-refractivity contribution is 9.10. The minimum absolute atomic E-state index is 0.0125. The van der Waals surface area contributed by atoms with E-state index >= 15 is 0 Å². The predicted molar refractivity (Wildman–Crippen MR) is 73.0 cm³/mol. The van der Waals surface area contributed by atoms with Gasteiger partial charge in [0.1, 0.15) is 6.04 Å². The van der Waals surface area contributed by atoms with Crippen molar-refractivity contribution < 1.29 is 23.5 Å². The maximum atomic E-state index is 11.5. The fraction of sp³-hybridized carbons (Fsp3) is 0.417. The molecule has 1 aromatic heterocycles. The molecule has 0 unspecified atom stereocenters. The maximum Gasteiger partial charge on any atom is 0.374 e. The van der Waals surface area contributed by atoms with Crippen molar-refractivity contribution >= 4 is 33.7 Å². The van der Waals surface area contributed by atoms with Gasteiger partial charge in [-0.25, -0.2) is 4.79 Å². The molecule has 0 spiro atoms. The summed E-state index contributed by atoms with van der Waals surface area (Å²) in [6, 6.07) is 2.26. The van der Waals surface area contributed by atoms with Gasteiger partial charge in [0.15, 0.2) is 11.3 Å². The zero-order valence-corrected chi connectivity index (χ0v) is 12.7. The van der Waals surface area contributed by atoms with Gasteiger partial charge in [-0.2, -0.15) is 0 Å². The first-order valence-corrected chi connectivity index (χ1v) is 6.72. The fourth-order valence-electron chi connectivity index (χ4n) is 1.30. The van der Waals surface area contributed by atoms with E-state index in [1.54, 1.807) is 6.92 Å². The summed E-state index contributed by atoms with van der Waals surface area (Å²) in [4.78, 5) is 34.4. The molecular weight excluding hydrogens is 332 g/mol. The molecule has 0 bridgehead atoms. The Balaban J connectivity index is 2.36. The van der Waals surface area contributed by atoms with Crippen LogP contribution >= 0.6 is 15.9 Å². The van der Waals surface area contributed by atoms with Gasteiger partial charge in [-0.3, -0.25) is 9.59 Å². The summed E-state index contributed by atoms with van der Waals surface area (Å²) in [7, 11) is 0. The Morgan fingerprint density at radius 2 is 2.10 bits per heavy atom. The quantitative estimate of drug-likeness (QED) is 0.744. The zero-order valence-electron chi connectivity index (χ0n) is 11.1. The lowest BCUT2D eigenvalue weighted by Gasteiger charge is -2.13. The molecule has 0 aliphatic rings. The van der Waals surface area contributed by atoms with Crippen LogP contribution < -0.4 is 10.6 Å². The number of furan rings is 1. The summed E-state index contributed by atoms with van der Waals surface area (Å²) < 4.78 is 10.1. The minimum atomic E-state index is -0.753. The van der Waals surface area contributed by atoms with Crippen LogP contribution in [0.5, 0.6) is 0 Å². The highest BCUT2D eigenvalue weighted by Crippen LogP contribution is 2.14. The largest absolute Gasteiger partial charge is 0.450 e. The topological polar surface area (TPSA) is 97.6 Å². The highest BCUT2D eigenvalue weighted by Gasteiger charge is 2.17. The molecule has 2 N–H and O–H groups in total. The van der Waals surface area contributed by atoms with Crippen LogP contribution in [0.25, 0.3) is 0 Å². The molecule has 0 aromatic carbocycles. The van der Waals surface area contributed by atoms with Gasteiger partial charge in [0.25, 0.3) is 5.91 Å². The van der Waals surface area contributed by atoms with Crippen LogP contribution in [-0.2, 0) is 14.3 Å². The molecule has 110 valence electrons. The molecule has 0 aliphatic heterocycles. The number of ether oxygens (including phenoxy) is 1. The van der Waals surface area contributed by atoms with Gasteiger partial charge in [-0.05, 0) is 41.9 Å². The molecule has 2 amide bonds. The minimum Gasteiger partial charge on any atom is -0.450 e.